The van der Waals surface area contributed by atoms with Crippen LogP contribution >= 0.6 is 63.7 Å². The summed E-state index contributed by atoms with van der Waals surface area (Å²) >= 11 is 14.5. The van der Waals surface area contributed by atoms with E-state index in [-0.39, 0.29) is 46.0 Å². The third-order valence-electron chi connectivity index (χ3n) is 9.00. The van der Waals surface area contributed by atoms with Crippen LogP contribution in [0.15, 0.2) is 17.9 Å². The number of carbonyl (C=O) groups is 4. The van der Waals surface area contributed by atoms with Crippen LogP contribution < -0.4 is 0 Å². The molecule has 6 nitrogen and oxygen atoms in total. The topological polar surface area (TPSA) is 74.8 Å². The van der Waals surface area contributed by atoms with Crippen molar-refractivity contribution in [1.82, 2.24) is 9.80 Å². The first-order valence-electron chi connectivity index (χ1n) is 16.6. The Bertz CT molecular complexity index is 1740. The van der Waals surface area contributed by atoms with Gasteiger partial charge in [0.15, 0.2) is 0 Å². The summed E-state index contributed by atoms with van der Waals surface area (Å²) in [5.41, 5.74) is 0.949. The lowest BCUT2D eigenvalue weighted by Gasteiger charge is -2.36. The van der Waals surface area contributed by atoms with E-state index in [2.05, 4.69) is 114 Å². The fourth-order valence-electron chi connectivity index (χ4n) is 6.51. The molecule has 2 unspecified atom stereocenters. The fourth-order valence-corrected chi connectivity index (χ4v) is 8.77. The molecule has 2 aliphatic rings. The average molecular weight is 906 g/mol. The first kappa shape index (κ1) is 38.4. The van der Waals surface area contributed by atoms with Gasteiger partial charge < -0.3 is 0 Å². The van der Waals surface area contributed by atoms with Crippen LogP contribution in [-0.4, -0.2) is 46.5 Å². The molecule has 2 heterocycles. The van der Waals surface area contributed by atoms with E-state index >= 15 is 0 Å². The molecule has 4 rings (SSSR count). The number of unbranched alkanes of at least 4 members (excludes halogenated alkanes) is 5. The summed E-state index contributed by atoms with van der Waals surface area (Å²) < 4.78 is 1.46. The van der Waals surface area contributed by atoms with Crippen molar-refractivity contribution in [2.45, 2.75) is 91.4 Å². The van der Waals surface area contributed by atoms with Crippen LogP contribution in [0.5, 0.6) is 0 Å². The van der Waals surface area contributed by atoms with Gasteiger partial charge in [-0.25, -0.2) is 0 Å². The first-order chi connectivity index (χ1) is 23.0. The molecule has 2 aromatic carbocycles. The summed E-state index contributed by atoms with van der Waals surface area (Å²) in [6.07, 6.45) is 16.0. The van der Waals surface area contributed by atoms with E-state index in [1.54, 1.807) is 0 Å². The van der Waals surface area contributed by atoms with Crippen molar-refractivity contribution in [1.29, 1.82) is 0 Å². The molecule has 10 heteroatoms. The maximum atomic E-state index is 14.3. The number of rotatable bonds is 15. The van der Waals surface area contributed by atoms with Gasteiger partial charge in [-0.1, -0.05) is 78.1 Å². The van der Waals surface area contributed by atoms with Gasteiger partial charge in [-0.3, -0.25) is 29.0 Å². The molecule has 0 radical (unpaired) electrons. The zero-order valence-electron chi connectivity index (χ0n) is 27.5. The van der Waals surface area contributed by atoms with E-state index in [1.807, 2.05) is 0 Å². The van der Waals surface area contributed by atoms with Gasteiger partial charge in [0.2, 0.25) is 0 Å². The normalized spacial score (nSPS) is 14.8. The largest absolute Gasteiger partial charge is 0.274 e. The highest BCUT2D eigenvalue weighted by molar-refractivity contribution is 9.13. The van der Waals surface area contributed by atoms with Gasteiger partial charge in [-0.2, -0.15) is 0 Å². The molecule has 0 aromatic heterocycles. The predicted octanol–water partition coefficient (Wildman–Crippen LogP) is 10.3. The van der Waals surface area contributed by atoms with Gasteiger partial charge in [0, 0.05) is 47.7 Å². The van der Waals surface area contributed by atoms with Crippen LogP contribution in [-0.2, 0) is 0 Å². The zero-order chi connectivity index (χ0) is 35.1. The van der Waals surface area contributed by atoms with E-state index in [0.717, 1.165) is 64.2 Å². The Morgan fingerprint density at radius 3 is 1.46 bits per heavy atom. The molecule has 0 spiro atoms. The Morgan fingerprint density at radius 1 is 0.562 bits per heavy atom. The van der Waals surface area contributed by atoms with Crippen LogP contribution in [0.2, 0.25) is 0 Å². The lowest BCUT2D eigenvalue weighted by molar-refractivity contribution is 0.0561. The summed E-state index contributed by atoms with van der Waals surface area (Å²) in [5, 5.41) is 0.591. The summed E-state index contributed by atoms with van der Waals surface area (Å²) in [4.78, 5) is 59.7. The van der Waals surface area contributed by atoms with E-state index in [9.17, 15) is 19.2 Å². The number of halogens is 4. The van der Waals surface area contributed by atoms with Gasteiger partial charge in [-0.05, 0) is 113 Å². The number of amides is 4. The molecule has 0 fully saturated rings. The standard InChI is InChI=1S/C38H38Br4N2O4/c1-5-9-13-15-19-23(17-11-7-3)21-43-35(45)27-25-26-29(33(41)31(27)39)37(47)44(22-24(18-12-8-4)20-16-14-10-6-2)38(48)30(26)34(42)32(40)28(25)36(43)46/h1,23-24H,6-8,10-12,14,16-18,20-22H2,2-4H3. The lowest BCUT2D eigenvalue weighted by Crippen LogP contribution is -2.46. The van der Waals surface area contributed by atoms with Crippen LogP contribution in [0.25, 0.3) is 10.8 Å². The van der Waals surface area contributed by atoms with Crippen molar-refractivity contribution in [2.75, 3.05) is 13.1 Å². The maximum Gasteiger partial charge on any atom is 0.262 e. The fraction of sp³-hybridized carbons (Fsp3) is 0.474. The molecule has 0 N–H and O–H groups in total. The highest BCUT2D eigenvalue weighted by Crippen LogP contribution is 2.50. The van der Waals surface area contributed by atoms with Crippen molar-refractivity contribution in [2.24, 2.45) is 11.8 Å². The molecule has 0 saturated carbocycles. The van der Waals surface area contributed by atoms with E-state index in [4.69, 9.17) is 6.42 Å². The van der Waals surface area contributed by atoms with E-state index in [1.165, 1.54) is 9.80 Å². The van der Waals surface area contributed by atoms with E-state index in [0.29, 0.717) is 36.2 Å². The molecule has 252 valence electrons. The number of hydrogen-bond donors (Lipinski definition) is 0. The third-order valence-corrected chi connectivity index (χ3v) is 13.2. The van der Waals surface area contributed by atoms with Gasteiger partial charge >= 0.3 is 0 Å². The minimum atomic E-state index is -0.529. The van der Waals surface area contributed by atoms with Crippen molar-refractivity contribution in [3.8, 4) is 36.0 Å². The average Bonchev–Trinajstić information content (AvgIpc) is 3.06. The molecule has 0 saturated heterocycles. The highest BCUT2D eigenvalue weighted by Gasteiger charge is 2.45. The molecule has 0 bridgehead atoms. The SMILES string of the molecule is C#CC#CC#CC(CCCC)CN1C(=O)c2c(Br)c(Br)c3c4c(c(Br)c(Br)c(c24)C1=O)C(=O)N(CC(CCCC)CCCCCC)C3=O. The molecular formula is C38H38Br4N2O4. The summed E-state index contributed by atoms with van der Waals surface area (Å²) in [7, 11) is 0. The zero-order valence-corrected chi connectivity index (χ0v) is 33.8. The van der Waals surface area contributed by atoms with E-state index < -0.39 is 23.6 Å². The lowest BCUT2D eigenvalue weighted by atomic mass is 9.85. The molecular weight excluding hydrogens is 868 g/mol. The van der Waals surface area contributed by atoms with Crippen LogP contribution in [0, 0.1) is 47.9 Å². The second kappa shape index (κ2) is 17.5. The third kappa shape index (κ3) is 7.66. The van der Waals surface area contributed by atoms with Crippen LogP contribution in [0.4, 0.5) is 0 Å². The number of nitrogens with zero attached hydrogens (tertiary/aromatic N) is 2. The molecule has 2 aliphatic heterocycles. The second-order valence-electron chi connectivity index (χ2n) is 12.3. The first-order valence-corrected chi connectivity index (χ1v) is 19.8. The number of hydrogen-bond acceptors (Lipinski definition) is 4. The molecule has 2 aromatic rings. The monoisotopic (exact) mass is 902 g/mol. The number of carbonyl (C=O) groups excluding carboxylic acids is 4. The minimum Gasteiger partial charge on any atom is -0.274 e. The van der Waals surface area contributed by atoms with Crippen molar-refractivity contribution in [3.05, 3.63) is 40.1 Å². The molecule has 2 atom stereocenters. The minimum absolute atomic E-state index is 0.0456. The van der Waals surface area contributed by atoms with Gasteiger partial charge in [0.1, 0.15) is 0 Å². The van der Waals surface area contributed by atoms with Gasteiger partial charge in [0.05, 0.1) is 22.3 Å². The molecule has 0 aliphatic carbocycles. The van der Waals surface area contributed by atoms with Crippen molar-refractivity contribution >= 4 is 98.1 Å². The molecule has 48 heavy (non-hydrogen) atoms. The van der Waals surface area contributed by atoms with Crippen molar-refractivity contribution < 1.29 is 19.2 Å². The summed E-state index contributed by atoms with van der Waals surface area (Å²) in [6.45, 7) is 6.73. The Kier molecular flexibility index (Phi) is 14.0. The van der Waals surface area contributed by atoms with Gasteiger partial charge in [-0.15, -0.1) is 6.42 Å². The smallest absolute Gasteiger partial charge is 0.262 e. The summed E-state index contributed by atoms with van der Waals surface area (Å²) in [6, 6.07) is 0. The highest BCUT2D eigenvalue weighted by atomic mass is 79.9. The van der Waals surface area contributed by atoms with Crippen molar-refractivity contribution in [3.63, 3.8) is 0 Å². The van der Waals surface area contributed by atoms with Gasteiger partial charge in [0.25, 0.3) is 23.6 Å². The summed E-state index contributed by atoms with van der Waals surface area (Å²) in [5.74, 6) is 11.1. The Labute approximate surface area is 317 Å². The molecule has 4 amide bonds. The number of benzene rings is 2. The Balaban J connectivity index is 1.84. The number of imide groups is 2. The number of terminal acetylenes is 1. The Hall–Kier alpha value is -2.42. The maximum absolute atomic E-state index is 14.3. The quantitative estimate of drug-likeness (QED) is 0.101. The Morgan fingerprint density at radius 2 is 1.00 bits per heavy atom. The second-order valence-corrected chi connectivity index (χ2v) is 15.5. The van der Waals surface area contributed by atoms with Crippen LogP contribution in [0.3, 0.4) is 0 Å². The predicted molar refractivity (Wildman–Crippen MR) is 205 cm³/mol. The van der Waals surface area contributed by atoms with Crippen LogP contribution in [0.1, 0.15) is 133 Å².